The van der Waals surface area contributed by atoms with E-state index in [4.69, 9.17) is 10.2 Å². The van der Waals surface area contributed by atoms with E-state index in [2.05, 4.69) is 0 Å². The molecule has 2 nitrogen and oxygen atoms in total. The van der Waals surface area contributed by atoms with E-state index in [1.54, 1.807) is 19.1 Å². The Morgan fingerprint density at radius 3 is 2.69 bits per heavy atom. The van der Waals surface area contributed by atoms with Gasteiger partial charge in [-0.25, -0.2) is 4.39 Å². The highest BCUT2D eigenvalue weighted by Crippen LogP contribution is 2.16. The first kappa shape index (κ1) is 9.74. The fourth-order valence-corrected chi connectivity index (χ4v) is 0.877. The Hall–Kier alpha value is -1.35. The average Bonchev–Trinajstić information content (AvgIpc) is 2.07. The van der Waals surface area contributed by atoms with Crippen LogP contribution in [-0.4, -0.2) is 16.3 Å². The highest BCUT2D eigenvalue weighted by atomic mass is 19.1. The molecule has 13 heavy (non-hydrogen) atoms. The van der Waals surface area contributed by atoms with Crippen LogP contribution in [0.4, 0.5) is 4.39 Å². The molecule has 0 aliphatic carbocycles. The lowest BCUT2D eigenvalue weighted by Crippen LogP contribution is -1.91. The van der Waals surface area contributed by atoms with Gasteiger partial charge in [0.15, 0.2) is 11.6 Å². The summed E-state index contributed by atoms with van der Waals surface area (Å²) < 4.78 is 12.8. The largest absolute Gasteiger partial charge is 0.505 e. The molecule has 0 saturated carbocycles. The van der Waals surface area contributed by atoms with Gasteiger partial charge in [0, 0.05) is 0 Å². The lowest BCUT2D eigenvalue weighted by Gasteiger charge is -1.97. The van der Waals surface area contributed by atoms with Crippen LogP contribution in [0, 0.1) is 5.82 Å². The minimum absolute atomic E-state index is 0.366. The fourth-order valence-electron chi connectivity index (χ4n) is 0.877. The molecule has 0 aliphatic rings. The molecule has 0 spiro atoms. The zero-order valence-corrected chi connectivity index (χ0v) is 7.24. The maximum Gasteiger partial charge on any atom is 0.165 e. The second kappa shape index (κ2) is 4.05. The molecular formula is C10H11FO2. The van der Waals surface area contributed by atoms with Crippen molar-refractivity contribution in [3.63, 3.8) is 0 Å². The van der Waals surface area contributed by atoms with Crippen molar-refractivity contribution in [1.82, 2.24) is 0 Å². The summed E-state index contributed by atoms with van der Waals surface area (Å²) >= 11 is 0. The summed E-state index contributed by atoms with van der Waals surface area (Å²) in [4.78, 5) is 0. The minimum Gasteiger partial charge on any atom is -0.505 e. The first-order valence-corrected chi connectivity index (χ1v) is 3.94. The van der Waals surface area contributed by atoms with E-state index in [9.17, 15) is 4.39 Å². The van der Waals surface area contributed by atoms with Gasteiger partial charge in [0.05, 0.1) is 6.10 Å². The fraction of sp³-hybridized carbons (Fsp3) is 0.200. The van der Waals surface area contributed by atoms with Gasteiger partial charge >= 0.3 is 0 Å². The van der Waals surface area contributed by atoms with Crippen molar-refractivity contribution in [2.24, 2.45) is 0 Å². The third-order valence-electron chi connectivity index (χ3n) is 1.54. The van der Waals surface area contributed by atoms with Crippen LogP contribution in [0.3, 0.4) is 0 Å². The van der Waals surface area contributed by atoms with Gasteiger partial charge in [-0.2, -0.15) is 0 Å². The second-order valence-electron chi connectivity index (χ2n) is 2.81. The Balaban J connectivity index is 2.85. The molecule has 0 aromatic heterocycles. The molecule has 1 aromatic rings. The molecule has 2 N–H and O–H groups in total. The van der Waals surface area contributed by atoms with Gasteiger partial charge in [0.2, 0.25) is 0 Å². The zero-order valence-electron chi connectivity index (χ0n) is 7.24. The van der Waals surface area contributed by atoms with Gasteiger partial charge in [0.1, 0.15) is 0 Å². The van der Waals surface area contributed by atoms with Crippen molar-refractivity contribution in [2.75, 3.05) is 0 Å². The van der Waals surface area contributed by atoms with Gasteiger partial charge in [-0.05, 0) is 24.6 Å². The lowest BCUT2D eigenvalue weighted by atomic mass is 10.2. The highest BCUT2D eigenvalue weighted by Gasteiger charge is 1.98. The van der Waals surface area contributed by atoms with Crippen LogP contribution in [-0.2, 0) is 0 Å². The van der Waals surface area contributed by atoms with E-state index in [0.717, 1.165) is 0 Å². The minimum atomic E-state index is -0.659. The molecule has 1 unspecified atom stereocenters. The van der Waals surface area contributed by atoms with E-state index in [-0.39, 0.29) is 5.75 Å². The summed E-state index contributed by atoms with van der Waals surface area (Å²) in [5.41, 5.74) is 0.608. The van der Waals surface area contributed by atoms with Gasteiger partial charge in [-0.1, -0.05) is 18.2 Å². The summed E-state index contributed by atoms with van der Waals surface area (Å²) in [6, 6.07) is 4.04. The molecule has 1 aromatic carbocycles. The number of hydrogen-bond donors (Lipinski definition) is 2. The molecule has 0 radical (unpaired) electrons. The first-order valence-electron chi connectivity index (χ1n) is 3.94. The maximum atomic E-state index is 12.8. The van der Waals surface area contributed by atoms with Gasteiger partial charge in [0.25, 0.3) is 0 Å². The van der Waals surface area contributed by atoms with E-state index in [1.165, 1.54) is 18.2 Å². The number of hydrogen-bond acceptors (Lipinski definition) is 2. The topological polar surface area (TPSA) is 40.5 Å². The van der Waals surface area contributed by atoms with E-state index in [1.807, 2.05) is 0 Å². The number of halogens is 1. The molecule has 0 saturated heterocycles. The summed E-state index contributed by atoms with van der Waals surface area (Å²) in [6.07, 6.45) is 2.57. The summed E-state index contributed by atoms with van der Waals surface area (Å²) in [5.74, 6) is -1.03. The predicted molar refractivity (Wildman–Crippen MR) is 48.8 cm³/mol. The van der Waals surface area contributed by atoms with Gasteiger partial charge < -0.3 is 10.2 Å². The monoisotopic (exact) mass is 182 g/mol. The zero-order chi connectivity index (χ0) is 9.84. The molecule has 0 heterocycles. The van der Waals surface area contributed by atoms with E-state index >= 15 is 0 Å². The lowest BCUT2D eigenvalue weighted by molar-refractivity contribution is 0.245. The van der Waals surface area contributed by atoms with Crippen molar-refractivity contribution in [2.45, 2.75) is 13.0 Å². The Morgan fingerprint density at radius 1 is 1.46 bits per heavy atom. The molecule has 0 fully saturated rings. The Labute approximate surface area is 76.0 Å². The molecular weight excluding hydrogens is 171 g/mol. The van der Waals surface area contributed by atoms with Crippen LogP contribution in [0.1, 0.15) is 12.5 Å². The number of phenols is 1. The molecule has 1 atom stereocenters. The molecule has 70 valence electrons. The van der Waals surface area contributed by atoms with Gasteiger partial charge in [-0.3, -0.25) is 0 Å². The van der Waals surface area contributed by atoms with Crippen LogP contribution in [0.15, 0.2) is 24.3 Å². The van der Waals surface area contributed by atoms with Crippen LogP contribution in [0.5, 0.6) is 5.75 Å². The standard InChI is InChI=1S/C10H11FO2/c1-7(12)2-3-8-4-5-10(13)9(11)6-8/h2-7,12-13H,1H3/b3-2+. The van der Waals surface area contributed by atoms with Crippen molar-refractivity contribution in [3.05, 3.63) is 35.7 Å². The Kier molecular flexibility index (Phi) is 3.03. The predicted octanol–water partition coefficient (Wildman–Crippen LogP) is 1.93. The number of aliphatic hydroxyl groups excluding tert-OH is 1. The quantitative estimate of drug-likeness (QED) is 0.733. The highest BCUT2D eigenvalue weighted by molar-refractivity contribution is 5.51. The number of aliphatic hydroxyl groups is 1. The molecule has 0 amide bonds. The van der Waals surface area contributed by atoms with E-state index < -0.39 is 11.9 Å². The summed E-state index contributed by atoms with van der Waals surface area (Å²) in [5, 5.41) is 17.8. The normalized spacial score (nSPS) is 13.5. The summed E-state index contributed by atoms with van der Waals surface area (Å²) in [6.45, 7) is 1.60. The van der Waals surface area contributed by atoms with Crippen molar-refractivity contribution < 1.29 is 14.6 Å². The Morgan fingerprint density at radius 2 is 2.15 bits per heavy atom. The van der Waals surface area contributed by atoms with E-state index in [0.29, 0.717) is 5.56 Å². The van der Waals surface area contributed by atoms with Crippen molar-refractivity contribution in [3.8, 4) is 5.75 Å². The molecule has 1 rings (SSSR count). The second-order valence-corrected chi connectivity index (χ2v) is 2.81. The van der Waals surface area contributed by atoms with Gasteiger partial charge in [-0.15, -0.1) is 0 Å². The van der Waals surface area contributed by atoms with Crippen LogP contribution < -0.4 is 0 Å². The smallest absolute Gasteiger partial charge is 0.165 e. The number of phenolic OH excluding ortho intramolecular Hbond substituents is 1. The SMILES string of the molecule is CC(O)/C=C/c1ccc(O)c(F)c1. The number of benzene rings is 1. The number of aromatic hydroxyl groups is 1. The third kappa shape index (κ3) is 2.87. The van der Waals surface area contributed by atoms with Crippen molar-refractivity contribution >= 4 is 6.08 Å². The molecule has 3 heteroatoms. The average molecular weight is 182 g/mol. The number of rotatable bonds is 2. The molecule has 0 aliphatic heterocycles. The van der Waals surface area contributed by atoms with Crippen molar-refractivity contribution in [1.29, 1.82) is 0 Å². The maximum absolute atomic E-state index is 12.8. The summed E-state index contributed by atoms with van der Waals surface area (Å²) in [7, 11) is 0. The third-order valence-corrected chi connectivity index (χ3v) is 1.54. The van der Waals surface area contributed by atoms with Crippen LogP contribution in [0.2, 0.25) is 0 Å². The van der Waals surface area contributed by atoms with Crippen LogP contribution >= 0.6 is 0 Å². The van der Waals surface area contributed by atoms with Crippen LogP contribution in [0.25, 0.3) is 6.08 Å². The Bertz CT molecular complexity index is 319. The first-order chi connectivity index (χ1) is 6.09. The molecule has 0 bridgehead atoms.